The summed E-state index contributed by atoms with van der Waals surface area (Å²) in [7, 11) is 0. The summed E-state index contributed by atoms with van der Waals surface area (Å²) in [5, 5.41) is 3.01. The Hall–Kier alpha value is -2.13. The molecule has 1 saturated heterocycles. The predicted octanol–water partition coefficient (Wildman–Crippen LogP) is 4.22. The molecular weight excluding hydrogens is 308 g/mol. The molecule has 132 valence electrons. The van der Waals surface area contributed by atoms with Crippen LogP contribution in [0, 0.1) is 13.8 Å². The number of nitrogens with one attached hydrogen (secondary N) is 1. The molecule has 0 atom stereocenters. The van der Waals surface area contributed by atoms with Gasteiger partial charge in [-0.15, -0.1) is 0 Å². The molecule has 0 radical (unpaired) electrons. The molecule has 3 nitrogen and oxygen atoms in total. The lowest BCUT2D eigenvalue weighted by atomic mass is 10.1. The third-order valence-electron chi connectivity index (χ3n) is 5.10. The highest BCUT2D eigenvalue weighted by atomic mass is 16.1. The van der Waals surface area contributed by atoms with Crippen molar-refractivity contribution in [3.05, 3.63) is 70.3 Å². The van der Waals surface area contributed by atoms with E-state index in [0.29, 0.717) is 6.54 Å². The molecule has 1 heterocycles. The number of amides is 1. The predicted molar refractivity (Wildman–Crippen MR) is 103 cm³/mol. The Morgan fingerprint density at radius 1 is 0.920 bits per heavy atom. The Morgan fingerprint density at radius 2 is 1.60 bits per heavy atom. The number of rotatable bonds is 5. The Balaban J connectivity index is 1.52. The van der Waals surface area contributed by atoms with Crippen LogP contribution in [0.1, 0.15) is 51.9 Å². The molecule has 1 amide bonds. The number of likely N-dealkylation sites (tertiary alicyclic amines) is 1. The topological polar surface area (TPSA) is 32.3 Å². The Bertz CT molecular complexity index is 715. The first-order valence-electron chi connectivity index (χ1n) is 9.27. The quantitative estimate of drug-likeness (QED) is 0.886. The molecule has 3 heteroatoms. The van der Waals surface area contributed by atoms with Crippen molar-refractivity contribution in [2.45, 2.75) is 46.2 Å². The fourth-order valence-electron chi connectivity index (χ4n) is 3.31. The van der Waals surface area contributed by atoms with Gasteiger partial charge in [0.25, 0.3) is 5.91 Å². The van der Waals surface area contributed by atoms with Crippen molar-refractivity contribution >= 4 is 5.91 Å². The number of carbonyl (C=O) groups excluding carboxylic acids is 1. The maximum absolute atomic E-state index is 12.3. The van der Waals surface area contributed by atoms with Crippen molar-refractivity contribution in [3.8, 4) is 0 Å². The van der Waals surface area contributed by atoms with Gasteiger partial charge in [0.05, 0.1) is 0 Å². The van der Waals surface area contributed by atoms with Gasteiger partial charge in [-0.1, -0.05) is 36.8 Å². The standard InChI is InChI=1S/C22H28N2O/c1-17-6-11-21(14-18(17)2)22(25)23-15-19-7-9-20(10-8-19)16-24-12-4-3-5-13-24/h6-11,14H,3-5,12-13,15-16H2,1-2H3,(H,23,25). The fraction of sp³-hybridized carbons (Fsp3) is 0.409. The van der Waals surface area contributed by atoms with E-state index in [4.69, 9.17) is 0 Å². The lowest BCUT2D eigenvalue weighted by molar-refractivity contribution is 0.0951. The molecule has 0 aliphatic carbocycles. The van der Waals surface area contributed by atoms with Crippen LogP contribution in [0.25, 0.3) is 0 Å². The lowest BCUT2D eigenvalue weighted by Crippen LogP contribution is -2.29. The molecule has 25 heavy (non-hydrogen) atoms. The first-order valence-corrected chi connectivity index (χ1v) is 9.27. The molecule has 0 unspecified atom stereocenters. The number of piperidine rings is 1. The van der Waals surface area contributed by atoms with Crippen LogP contribution in [0.5, 0.6) is 0 Å². The van der Waals surface area contributed by atoms with Crippen molar-refractivity contribution < 1.29 is 4.79 Å². The van der Waals surface area contributed by atoms with E-state index in [2.05, 4.69) is 41.4 Å². The SMILES string of the molecule is Cc1ccc(C(=O)NCc2ccc(CN3CCCCC3)cc2)cc1C. The van der Waals surface area contributed by atoms with Gasteiger partial charge in [-0.25, -0.2) is 0 Å². The van der Waals surface area contributed by atoms with Gasteiger partial charge in [-0.3, -0.25) is 9.69 Å². The van der Waals surface area contributed by atoms with E-state index in [1.54, 1.807) is 0 Å². The third-order valence-corrected chi connectivity index (χ3v) is 5.10. The van der Waals surface area contributed by atoms with Crippen LogP contribution in [0.3, 0.4) is 0 Å². The van der Waals surface area contributed by atoms with Gasteiger partial charge >= 0.3 is 0 Å². The minimum Gasteiger partial charge on any atom is -0.348 e. The van der Waals surface area contributed by atoms with Gasteiger partial charge in [0.2, 0.25) is 0 Å². The fourth-order valence-corrected chi connectivity index (χ4v) is 3.31. The van der Waals surface area contributed by atoms with Crippen molar-refractivity contribution in [2.24, 2.45) is 0 Å². The monoisotopic (exact) mass is 336 g/mol. The lowest BCUT2D eigenvalue weighted by Gasteiger charge is -2.26. The number of aryl methyl sites for hydroxylation is 2. The number of hydrogen-bond acceptors (Lipinski definition) is 2. The summed E-state index contributed by atoms with van der Waals surface area (Å²) in [5.41, 5.74) is 5.58. The zero-order valence-electron chi connectivity index (χ0n) is 15.3. The highest BCUT2D eigenvalue weighted by Gasteiger charge is 2.10. The first-order chi connectivity index (χ1) is 12.1. The zero-order valence-corrected chi connectivity index (χ0v) is 15.3. The van der Waals surface area contributed by atoms with Crippen LogP contribution in [0.15, 0.2) is 42.5 Å². The highest BCUT2D eigenvalue weighted by molar-refractivity contribution is 5.94. The molecule has 0 aromatic heterocycles. The number of nitrogens with zero attached hydrogens (tertiary/aromatic N) is 1. The second-order valence-corrected chi connectivity index (χ2v) is 7.14. The van der Waals surface area contributed by atoms with Crippen molar-refractivity contribution in [1.29, 1.82) is 0 Å². The average Bonchev–Trinajstić information content (AvgIpc) is 2.64. The second kappa shape index (κ2) is 8.30. The van der Waals surface area contributed by atoms with E-state index in [0.717, 1.165) is 23.2 Å². The number of carbonyl (C=O) groups is 1. The minimum absolute atomic E-state index is 0.0134. The smallest absolute Gasteiger partial charge is 0.251 e. The summed E-state index contributed by atoms with van der Waals surface area (Å²) >= 11 is 0. The van der Waals surface area contributed by atoms with Gasteiger partial charge < -0.3 is 5.32 Å². The van der Waals surface area contributed by atoms with Gasteiger partial charge in [0.1, 0.15) is 0 Å². The van der Waals surface area contributed by atoms with E-state index in [9.17, 15) is 4.79 Å². The maximum Gasteiger partial charge on any atom is 0.251 e. The molecular formula is C22H28N2O. The number of benzene rings is 2. The van der Waals surface area contributed by atoms with Crippen LogP contribution in [-0.2, 0) is 13.1 Å². The number of hydrogen-bond donors (Lipinski definition) is 1. The van der Waals surface area contributed by atoms with Gasteiger partial charge in [0, 0.05) is 18.7 Å². The summed E-state index contributed by atoms with van der Waals surface area (Å²) in [4.78, 5) is 14.8. The normalized spacial score (nSPS) is 15.1. The van der Waals surface area contributed by atoms with Crippen LogP contribution in [0.2, 0.25) is 0 Å². The van der Waals surface area contributed by atoms with Crippen molar-refractivity contribution in [2.75, 3.05) is 13.1 Å². The van der Waals surface area contributed by atoms with E-state index in [1.807, 2.05) is 25.1 Å². The van der Waals surface area contributed by atoms with Gasteiger partial charge in [-0.2, -0.15) is 0 Å². The molecule has 0 bridgehead atoms. The van der Waals surface area contributed by atoms with Crippen LogP contribution in [-0.4, -0.2) is 23.9 Å². The molecule has 0 spiro atoms. The third kappa shape index (κ3) is 4.93. The molecule has 0 saturated carbocycles. The summed E-state index contributed by atoms with van der Waals surface area (Å²) in [5.74, 6) is -0.0134. The van der Waals surface area contributed by atoms with E-state index in [-0.39, 0.29) is 5.91 Å². The maximum atomic E-state index is 12.3. The van der Waals surface area contributed by atoms with E-state index >= 15 is 0 Å². The summed E-state index contributed by atoms with van der Waals surface area (Å²) in [6, 6.07) is 14.5. The van der Waals surface area contributed by atoms with Crippen molar-refractivity contribution in [1.82, 2.24) is 10.2 Å². The van der Waals surface area contributed by atoms with E-state index < -0.39 is 0 Å². The molecule has 1 aliphatic rings. The first kappa shape index (κ1) is 17.7. The van der Waals surface area contributed by atoms with Crippen molar-refractivity contribution in [3.63, 3.8) is 0 Å². The van der Waals surface area contributed by atoms with Crippen LogP contribution in [0.4, 0.5) is 0 Å². The zero-order chi connectivity index (χ0) is 17.6. The Morgan fingerprint density at radius 3 is 2.28 bits per heavy atom. The Kier molecular flexibility index (Phi) is 5.87. The molecule has 1 aliphatic heterocycles. The molecule has 2 aromatic carbocycles. The largest absolute Gasteiger partial charge is 0.348 e. The summed E-state index contributed by atoms with van der Waals surface area (Å²) in [6.45, 7) is 8.13. The summed E-state index contributed by atoms with van der Waals surface area (Å²) in [6.07, 6.45) is 4.01. The summed E-state index contributed by atoms with van der Waals surface area (Å²) < 4.78 is 0. The Labute approximate surface area is 151 Å². The van der Waals surface area contributed by atoms with Crippen LogP contribution < -0.4 is 5.32 Å². The second-order valence-electron chi connectivity index (χ2n) is 7.14. The molecule has 1 N–H and O–H groups in total. The average molecular weight is 336 g/mol. The molecule has 1 fully saturated rings. The van der Waals surface area contributed by atoms with E-state index in [1.165, 1.54) is 43.5 Å². The van der Waals surface area contributed by atoms with Gasteiger partial charge in [-0.05, 0) is 74.2 Å². The van der Waals surface area contributed by atoms with Crippen LogP contribution >= 0.6 is 0 Å². The molecule has 3 rings (SSSR count). The highest BCUT2D eigenvalue weighted by Crippen LogP contribution is 2.14. The minimum atomic E-state index is -0.0134. The molecule has 2 aromatic rings. The van der Waals surface area contributed by atoms with Gasteiger partial charge in [0.15, 0.2) is 0 Å².